The SMILES string of the molecule is COc1ccc2nc(NC(=O)c3ccc(CN4CCCC4=O)cc3)sc2c1. The zero-order chi connectivity index (χ0) is 18.8. The maximum atomic E-state index is 12.5. The Bertz CT molecular complexity index is 997. The molecular formula is C20H19N3O3S. The van der Waals surface area contributed by atoms with Crippen LogP contribution >= 0.6 is 11.3 Å². The lowest BCUT2D eigenvalue weighted by atomic mass is 10.1. The van der Waals surface area contributed by atoms with Crippen LogP contribution in [0.25, 0.3) is 10.2 Å². The van der Waals surface area contributed by atoms with Crippen LogP contribution in [0.2, 0.25) is 0 Å². The first-order chi connectivity index (χ1) is 13.1. The van der Waals surface area contributed by atoms with Crippen molar-refractivity contribution in [1.29, 1.82) is 0 Å². The van der Waals surface area contributed by atoms with Crippen molar-refractivity contribution >= 4 is 38.5 Å². The van der Waals surface area contributed by atoms with Crippen molar-refractivity contribution in [3.63, 3.8) is 0 Å². The van der Waals surface area contributed by atoms with Gasteiger partial charge in [-0.2, -0.15) is 0 Å². The maximum Gasteiger partial charge on any atom is 0.257 e. The number of nitrogens with one attached hydrogen (secondary N) is 1. The van der Waals surface area contributed by atoms with Crippen molar-refractivity contribution < 1.29 is 14.3 Å². The number of fused-ring (bicyclic) bond motifs is 1. The summed E-state index contributed by atoms with van der Waals surface area (Å²) < 4.78 is 6.17. The van der Waals surface area contributed by atoms with Crippen LogP contribution < -0.4 is 10.1 Å². The van der Waals surface area contributed by atoms with Gasteiger partial charge < -0.3 is 9.64 Å². The van der Waals surface area contributed by atoms with E-state index in [0.717, 1.165) is 34.5 Å². The molecule has 6 nitrogen and oxygen atoms in total. The largest absolute Gasteiger partial charge is 0.497 e. The number of hydrogen-bond acceptors (Lipinski definition) is 5. The second kappa shape index (κ2) is 7.36. The zero-order valence-corrected chi connectivity index (χ0v) is 15.7. The van der Waals surface area contributed by atoms with Gasteiger partial charge in [-0.05, 0) is 42.3 Å². The number of rotatable bonds is 5. The molecule has 0 unspecified atom stereocenters. The summed E-state index contributed by atoms with van der Waals surface area (Å²) in [5.41, 5.74) is 2.40. The number of hydrogen-bond donors (Lipinski definition) is 1. The molecule has 2 amide bonds. The lowest BCUT2D eigenvalue weighted by Crippen LogP contribution is -2.23. The van der Waals surface area contributed by atoms with Gasteiger partial charge in [-0.15, -0.1) is 0 Å². The van der Waals surface area contributed by atoms with Gasteiger partial charge in [0.25, 0.3) is 5.91 Å². The van der Waals surface area contributed by atoms with Gasteiger partial charge in [0.05, 0.1) is 17.3 Å². The summed E-state index contributed by atoms with van der Waals surface area (Å²) in [4.78, 5) is 30.5. The number of benzene rings is 2. The zero-order valence-electron chi connectivity index (χ0n) is 14.9. The third-order valence-corrected chi connectivity index (χ3v) is 5.51. The fourth-order valence-corrected chi connectivity index (χ4v) is 4.00. The average molecular weight is 381 g/mol. The third-order valence-electron chi connectivity index (χ3n) is 4.58. The number of carbonyl (C=O) groups excluding carboxylic acids is 2. The second-order valence-electron chi connectivity index (χ2n) is 6.42. The van der Waals surface area contributed by atoms with Crippen LogP contribution in [0.1, 0.15) is 28.8 Å². The van der Waals surface area contributed by atoms with E-state index in [4.69, 9.17) is 4.74 Å². The summed E-state index contributed by atoms with van der Waals surface area (Å²) in [7, 11) is 1.62. The van der Waals surface area contributed by atoms with E-state index in [1.165, 1.54) is 11.3 Å². The van der Waals surface area contributed by atoms with Gasteiger partial charge in [0.15, 0.2) is 5.13 Å². The monoisotopic (exact) mass is 381 g/mol. The number of aromatic nitrogens is 1. The highest BCUT2D eigenvalue weighted by atomic mass is 32.1. The molecule has 138 valence electrons. The number of nitrogens with zero attached hydrogens (tertiary/aromatic N) is 2. The van der Waals surface area contributed by atoms with E-state index in [0.29, 0.717) is 23.7 Å². The Morgan fingerprint density at radius 2 is 2.07 bits per heavy atom. The molecule has 4 rings (SSSR count). The van der Waals surface area contributed by atoms with Crippen LogP contribution in [-0.2, 0) is 11.3 Å². The average Bonchev–Trinajstić information content (AvgIpc) is 3.27. The number of ether oxygens (including phenoxy) is 1. The molecule has 3 aromatic rings. The van der Waals surface area contributed by atoms with E-state index in [-0.39, 0.29) is 11.8 Å². The second-order valence-corrected chi connectivity index (χ2v) is 7.45. The van der Waals surface area contributed by atoms with Gasteiger partial charge in [-0.3, -0.25) is 14.9 Å². The van der Waals surface area contributed by atoms with E-state index in [2.05, 4.69) is 10.3 Å². The van der Waals surface area contributed by atoms with Gasteiger partial charge in [-0.1, -0.05) is 23.5 Å². The Balaban J connectivity index is 1.44. The number of likely N-dealkylation sites (tertiary alicyclic amines) is 1. The predicted octanol–water partition coefficient (Wildman–Crippen LogP) is 3.68. The summed E-state index contributed by atoms with van der Waals surface area (Å²) in [5, 5.41) is 3.40. The summed E-state index contributed by atoms with van der Waals surface area (Å²) >= 11 is 1.41. The fourth-order valence-electron chi connectivity index (χ4n) is 3.11. The summed E-state index contributed by atoms with van der Waals surface area (Å²) in [6, 6.07) is 13.0. The van der Waals surface area contributed by atoms with E-state index in [9.17, 15) is 9.59 Å². The van der Waals surface area contributed by atoms with E-state index in [1.807, 2.05) is 35.2 Å². The van der Waals surface area contributed by atoms with Crippen molar-refractivity contribution in [3.8, 4) is 5.75 Å². The molecule has 0 radical (unpaired) electrons. The van der Waals surface area contributed by atoms with Crippen molar-refractivity contribution in [2.75, 3.05) is 19.0 Å². The Hall–Kier alpha value is -2.93. The highest BCUT2D eigenvalue weighted by Gasteiger charge is 2.20. The number of anilines is 1. The molecule has 7 heteroatoms. The highest BCUT2D eigenvalue weighted by Crippen LogP contribution is 2.29. The van der Waals surface area contributed by atoms with E-state index < -0.39 is 0 Å². The van der Waals surface area contributed by atoms with Crippen LogP contribution in [0.15, 0.2) is 42.5 Å². The summed E-state index contributed by atoms with van der Waals surface area (Å²) in [6.45, 7) is 1.41. The van der Waals surface area contributed by atoms with Crippen molar-refractivity contribution in [3.05, 3.63) is 53.6 Å². The van der Waals surface area contributed by atoms with Gasteiger partial charge >= 0.3 is 0 Å². The molecule has 1 N–H and O–H groups in total. The first-order valence-electron chi connectivity index (χ1n) is 8.75. The Morgan fingerprint density at radius 3 is 2.78 bits per heavy atom. The lowest BCUT2D eigenvalue weighted by molar-refractivity contribution is -0.128. The first kappa shape index (κ1) is 17.5. The van der Waals surface area contributed by atoms with Crippen LogP contribution in [0.4, 0.5) is 5.13 Å². The number of thiazole rings is 1. The Kier molecular flexibility index (Phi) is 4.77. The highest BCUT2D eigenvalue weighted by molar-refractivity contribution is 7.22. The standard InChI is InChI=1S/C20H19N3O3S/c1-26-15-8-9-16-17(11-15)27-20(21-16)22-19(25)14-6-4-13(5-7-14)12-23-10-2-3-18(23)24/h4-9,11H,2-3,10,12H2,1H3,(H,21,22,25). The van der Waals surface area contributed by atoms with E-state index in [1.54, 1.807) is 19.2 Å². The predicted molar refractivity (Wildman–Crippen MR) is 105 cm³/mol. The molecule has 1 aliphatic rings. The summed E-state index contributed by atoms with van der Waals surface area (Å²) in [6.07, 6.45) is 1.56. The molecule has 0 spiro atoms. The minimum absolute atomic E-state index is 0.198. The lowest BCUT2D eigenvalue weighted by Gasteiger charge is -2.15. The smallest absolute Gasteiger partial charge is 0.257 e. The number of carbonyl (C=O) groups is 2. The topological polar surface area (TPSA) is 71.5 Å². The molecule has 1 saturated heterocycles. The quantitative estimate of drug-likeness (QED) is 0.732. The molecule has 2 heterocycles. The molecular weight excluding hydrogens is 362 g/mol. The Labute approximate surface area is 160 Å². The fraction of sp³-hybridized carbons (Fsp3) is 0.250. The van der Waals surface area contributed by atoms with Crippen LogP contribution in [0.3, 0.4) is 0 Å². The van der Waals surface area contributed by atoms with Gasteiger partial charge in [0.1, 0.15) is 5.75 Å². The number of methoxy groups -OCH3 is 1. The molecule has 1 aromatic heterocycles. The van der Waals surface area contributed by atoms with Gasteiger partial charge in [-0.25, -0.2) is 4.98 Å². The summed E-state index contributed by atoms with van der Waals surface area (Å²) in [5.74, 6) is 0.755. The van der Waals surface area contributed by atoms with E-state index >= 15 is 0 Å². The molecule has 1 aliphatic heterocycles. The number of amides is 2. The molecule has 0 bridgehead atoms. The first-order valence-corrected chi connectivity index (χ1v) is 9.57. The molecule has 0 saturated carbocycles. The minimum atomic E-state index is -0.204. The van der Waals surface area contributed by atoms with Gasteiger partial charge in [0.2, 0.25) is 5.91 Å². The molecule has 0 aliphatic carbocycles. The third kappa shape index (κ3) is 3.78. The molecule has 27 heavy (non-hydrogen) atoms. The van der Waals surface area contributed by atoms with Crippen LogP contribution in [-0.4, -0.2) is 35.4 Å². The van der Waals surface area contributed by atoms with Gasteiger partial charge in [0, 0.05) is 25.1 Å². The van der Waals surface area contributed by atoms with Crippen LogP contribution in [0, 0.1) is 0 Å². The molecule has 1 fully saturated rings. The molecule has 0 atom stereocenters. The minimum Gasteiger partial charge on any atom is -0.497 e. The normalized spacial score (nSPS) is 14.0. The molecule has 2 aromatic carbocycles. The van der Waals surface area contributed by atoms with Crippen molar-refractivity contribution in [2.45, 2.75) is 19.4 Å². The van der Waals surface area contributed by atoms with Crippen LogP contribution in [0.5, 0.6) is 5.75 Å². The maximum absolute atomic E-state index is 12.5. The Morgan fingerprint density at radius 1 is 1.26 bits per heavy atom. The van der Waals surface area contributed by atoms with Crippen molar-refractivity contribution in [1.82, 2.24) is 9.88 Å². The van der Waals surface area contributed by atoms with Crippen molar-refractivity contribution in [2.24, 2.45) is 0 Å².